The van der Waals surface area contributed by atoms with Gasteiger partial charge in [-0.15, -0.1) is 11.3 Å². The summed E-state index contributed by atoms with van der Waals surface area (Å²) in [5, 5.41) is 20.1. The molecular weight excluding hydrogens is 506 g/mol. The first-order chi connectivity index (χ1) is 19.1. The maximum absolute atomic E-state index is 10.2. The van der Waals surface area contributed by atoms with Gasteiger partial charge in [0.05, 0.1) is 31.7 Å². The molecule has 1 aromatic heterocycles. The molecule has 194 valence electrons. The number of ether oxygens (including phenoxy) is 2. The topological polar surface area (TPSA) is 67.2 Å². The van der Waals surface area contributed by atoms with Gasteiger partial charge >= 0.3 is 0 Å². The second kappa shape index (κ2) is 10.6. The van der Waals surface area contributed by atoms with Gasteiger partial charge in [0.1, 0.15) is 5.75 Å². The molecule has 6 nitrogen and oxygen atoms in total. The minimum absolute atomic E-state index is 0.101. The van der Waals surface area contributed by atoms with Crippen LogP contribution in [0, 0.1) is 0 Å². The van der Waals surface area contributed by atoms with Crippen LogP contribution in [0.5, 0.6) is 17.2 Å². The van der Waals surface area contributed by atoms with E-state index in [0.717, 1.165) is 39.0 Å². The minimum Gasteiger partial charge on any atom is -0.504 e. The van der Waals surface area contributed by atoms with Gasteiger partial charge in [-0.1, -0.05) is 60.7 Å². The number of hydrazone groups is 1. The van der Waals surface area contributed by atoms with E-state index in [2.05, 4.69) is 41.8 Å². The summed E-state index contributed by atoms with van der Waals surface area (Å²) in [6.07, 6.45) is 0.681. The highest BCUT2D eigenvalue weighted by Gasteiger charge is 2.32. The van der Waals surface area contributed by atoms with Crippen LogP contribution in [0.4, 0.5) is 5.13 Å². The maximum Gasteiger partial charge on any atom is 0.207 e. The molecule has 0 radical (unpaired) electrons. The molecule has 0 saturated heterocycles. The molecule has 1 unspecified atom stereocenters. The number of phenols is 1. The summed E-state index contributed by atoms with van der Waals surface area (Å²) in [4.78, 5) is 4.99. The second-order valence-corrected chi connectivity index (χ2v) is 10.1. The number of thiazole rings is 1. The summed E-state index contributed by atoms with van der Waals surface area (Å²) in [7, 11) is 3.22. The first-order valence-corrected chi connectivity index (χ1v) is 13.5. The van der Waals surface area contributed by atoms with Crippen LogP contribution in [0.3, 0.4) is 0 Å². The predicted octanol–water partition coefficient (Wildman–Crippen LogP) is 7.56. The van der Waals surface area contributed by atoms with Crippen molar-refractivity contribution in [2.75, 3.05) is 19.2 Å². The predicted molar refractivity (Wildman–Crippen MR) is 157 cm³/mol. The first kappa shape index (κ1) is 24.7. The summed E-state index contributed by atoms with van der Waals surface area (Å²) < 4.78 is 10.7. The fourth-order valence-corrected chi connectivity index (χ4v) is 5.60. The summed E-state index contributed by atoms with van der Waals surface area (Å²) >= 11 is 1.56. The Morgan fingerprint density at radius 1 is 0.795 bits per heavy atom. The molecule has 39 heavy (non-hydrogen) atoms. The summed E-state index contributed by atoms with van der Waals surface area (Å²) in [5.41, 5.74) is 7.29. The van der Waals surface area contributed by atoms with Gasteiger partial charge in [-0.3, -0.25) is 0 Å². The highest BCUT2D eigenvalue weighted by Crippen LogP contribution is 2.41. The molecule has 0 spiro atoms. The normalized spacial score (nSPS) is 14.8. The number of benzene rings is 4. The SMILES string of the molecule is COc1ccc(C2=NN(c3nc(-c4ccc(-c5ccccc5)cc4)cs3)C(c3ccc(O)c(OC)c3)C2)cc1. The van der Waals surface area contributed by atoms with Gasteiger partial charge < -0.3 is 14.6 Å². The van der Waals surface area contributed by atoms with Gasteiger partial charge in [-0.25, -0.2) is 9.99 Å². The number of aromatic nitrogens is 1. The molecule has 6 rings (SSSR count). The number of aromatic hydroxyl groups is 1. The lowest BCUT2D eigenvalue weighted by atomic mass is 9.98. The van der Waals surface area contributed by atoms with Crippen LogP contribution in [0.1, 0.15) is 23.6 Å². The highest BCUT2D eigenvalue weighted by atomic mass is 32.1. The monoisotopic (exact) mass is 533 g/mol. The fourth-order valence-electron chi connectivity index (χ4n) is 4.77. The zero-order chi connectivity index (χ0) is 26.8. The number of phenolic OH excluding ortho intramolecular Hbond substituents is 1. The minimum atomic E-state index is -0.101. The standard InChI is InChI=1S/C32H27N3O3S/c1-37-26-15-12-23(13-16-26)27-19-29(25-14-17-30(36)31(18-25)38-2)35(34-27)32-33-28(20-39-32)24-10-8-22(9-11-24)21-6-4-3-5-7-21/h3-18,20,29,36H,19H2,1-2H3. The number of anilines is 1. The smallest absolute Gasteiger partial charge is 0.207 e. The third-order valence-corrected chi connectivity index (χ3v) is 7.73. The van der Waals surface area contributed by atoms with Crippen molar-refractivity contribution in [3.63, 3.8) is 0 Å². The molecule has 7 heteroatoms. The Kier molecular flexibility index (Phi) is 6.73. The molecule has 5 aromatic rings. The van der Waals surface area contributed by atoms with E-state index < -0.39 is 0 Å². The third-order valence-electron chi connectivity index (χ3n) is 6.90. The van der Waals surface area contributed by atoms with E-state index in [1.807, 2.05) is 59.6 Å². The van der Waals surface area contributed by atoms with Crippen molar-refractivity contribution in [3.05, 3.63) is 114 Å². The third kappa shape index (κ3) is 4.96. The van der Waals surface area contributed by atoms with Crippen LogP contribution >= 0.6 is 11.3 Å². The molecule has 1 aliphatic heterocycles. The molecule has 0 fully saturated rings. The van der Waals surface area contributed by atoms with Gasteiger partial charge in [0.15, 0.2) is 11.5 Å². The zero-order valence-electron chi connectivity index (χ0n) is 21.6. The summed E-state index contributed by atoms with van der Waals surface area (Å²) in [6.45, 7) is 0. The zero-order valence-corrected chi connectivity index (χ0v) is 22.4. The number of nitrogens with zero attached hydrogens (tertiary/aromatic N) is 3. The van der Waals surface area contributed by atoms with Crippen molar-refractivity contribution in [3.8, 4) is 39.6 Å². The first-order valence-electron chi connectivity index (χ1n) is 12.6. The molecule has 4 aromatic carbocycles. The molecule has 0 amide bonds. The molecule has 1 aliphatic rings. The van der Waals surface area contributed by atoms with E-state index in [9.17, 15) is 5.11 Å². The lowest BCUT2D eigenvalue weighted by Crippen LogP contribution is -2.18. The number of methoxy groups -OCH3 is 2. The van der Waals surface area contributed by atoms with Gasteiger partial charge in [0.25, 0.3) is 0 Å². The molecule has 1 N–H and O–H groups in total. The molecule has 0 bridgehead atoms. The Labute approximate surface area is 231 Å². The van der Waals surface area contributed by atoms with Crippen LogP contribution < -0.4 is 14.5 Å². The Hall–Kier alpha value is -4.62. The van der Waals surface area contributed by atoms with Gasteiger partial charge in [-0.05, 0) is 58.7 Å². The van der Waals surface area contributed by atoms with Gasteiger partial charge in [-0.2, -0.15) is 5.10 Å². The molecular formula is C32H27N3O3S. The Morgan fingerprint density at radius 2 is 1.49 bits per heavy atom. The molecule has 0 saturated carbocycles. The van der Waals surface area contributed by atoms with Crippen LogP contribution in [0.2, 0.25) is 0 Å². The van der Waals surface area contributed by atoms with Crippen molar-refractivity contribution < 1.29 is 14.6 Å². The van der Waals surface area contributed by atoms with E-state index >= 15 is 0 Å². The van der Waals surface area contributed by atoms with Crippen LogP contribution in [0.15, 0.2) is 108 Å². The number of hydrogen-bond acceptors (Lipinski definition) is 7. The lowest BCUT2D eigenvalue weighted by molar-refractivity contribution is 0.372. The molecule has 1 atom stereocenters. The maximum atomic E-state index is 10.2. The quantitative estimate of drug-likeness (QED) is 0.234. The van der Waals surface area contributed by atoms with Crippen molar-refractivity contribution in [2.45, 2.75) is 12.5 Å². The van der Waals surface area contributed by atoms with Gasteiger partial charge in [0, 0.05) is 17.4 Å². The largest absolute Gasteiger partial charge is 0.504 e. The van der Waals surface area contributed by atoms with E-state index in [0.29, 0.717) is 12.2 Å². The molecule has 0 aliphatic carbocycles. The fraction of sp³-hybridized carbons (Fsp3) is 0.125. The highest BCUT2D eigenvalue weighted by molar-refractivity contribution is 7.14. The Morgan fingerprint density at radius 3 is 2.21 bits per heavy atom. The Bertz CT molecular complexity index is 1610. The number of hydrogen-bond donors (Lipinski definition) is 1. The summed E-state index contributed by atoms with van der Waals surface area (Å²) in [6, 6.07) is 32.1. The lowest BCUT2D eigenvalue weighted by Gasteiger charge is -2.22. The van der Waals surface area contributed by atoms with E-state index in [1.165, 1.54) is 11.1 Å². The van der Waals surface area contributed by atoms with E-state index in [4.69, 9.17) is 19.6 Å². The van der Waals surface area contributed by atoms with Crippen molar-refractivity contribution in [1.29, 1.82) is 0 Å². The molecule has 2 heterocycles. The Balaban J connectivity index is 1.34. The van der Waals surface area contributed by atoms with E-state index in [-0.39, 0.29) is 11.8 Å². The summed E-state index contributed by atoms with van der Waals surface area (Å²) in [5.74, 6) is 1.35. The second-order valence-electron chi connectivity index (χ2n) is 9.23. The van der Waals surface area contributed by atoms with Crippen molar-refractivity contribution >= 4 is 22.2 Å². The average Bonchev–Trinajstić information content (AvgIpc) is 3.66. The van der Waals surface area contributed by atoms with Crippen molar-refractivity contribution in [1.82, 2.24) is 4.98 Å². The van der Waals surface area contributed by atoms with Crippen LogP contribution in [-0.2, 0) is 0 Å². The van der Waals surface area contributed by atoms with Crippen molar-refractivity contribution in [2.24, 2.45) is 5.10 Å². The van der Waals surface area contributed by atoms with Crippen LogP contribution in [-0.4, -0.2) is 30.0 Å². The van der Waals surface area contributed by atoms with Crippen LogP contribution in [0.25, 0.3) is 22.4 Å². The van der Waals surface area contributed by atoms with E-state index in [1.54, 1.807) is 31.6 Å². The number of rotatable bonds is 7. The average molecular weight is 534 g/mol. The van der Waals surface area contributed by atoms with Gasteiger partial charge in [0.2, 0.25) is 5.13 Å².